The van der Waals surface area contributed by atoms with Crippen LogP contribution in [0.3, 0.4) is 0 Å². The number of nitrogens with one attached hydrogen (secondary N) is 2. The molecule has 0 radical (unpaired) electrons. The molecule has 1 aromatic carbocycles. The molecule has 1 unspecified atom stereocenters. The van der Waals surface area contributed by atoms with E-state index in [2.05, 4.69) is 31.6 Å². The summed E-state index contributed by atoms with van der Waals surface area (Å²) in [6.07, 6.45) is 1.46. The minimum atomic E-state index is -0.0716. The molecule has 3 aromatic rings. The molecule has 2 N–H and O–H groups in total. The summed E-state index contributed by atoms with van der Waals surface area (Å²) in [5.41, 5.74) is 1.39. The first-order valence-corrected chi connectivity index (χ1v) is 6.19. The molecule has 0 spiro atoms. The maximum absolute atomic E-state index is 9.24. The van der Waals surface area contributed by atoms with Crippen molar-refractivity contribution in [2.24, 2.45) is 0 Å². The first-order chi connectivity index (χ1) is 9.78. The van der Waals surface area contributed by atoms with Gasteiger partial charge >= 0.3 is 0 Å². The summed E-state index contributed by atoms with van der Waals surface area (Å²) in [6, 6.07) is 11.5. The quantitative estimate of drug-likeness (QED) is 0.758. The summed E-state index contributed by atoms with van der Waals surface area (Å²) in [4.78, 5) is 8.60. The second-order valence-corrected chi connectivity index (χ2v) is 4.42. The summed E-state index contributed by atoms with van der Waals surface area (Å²) in [6.45, 7) is 1.95. The number of aromatic nitrogens is 4. The van der Waals surface area contributed by atoms with Gasteiger partial charge in [-0.3, -0.25) is 5.10 Å². The minimum absolute atomic E-state index is 0.0716. The Bertz CT molecular complexity index is 772. The van der Waals surface area contributed by atoms with Crippen LogP contribution in [-0.2, 0) is 0 Å². The molecular weight excluding hydrogens is 252 g/mol. The van der Waals surface area contributed by atoms with Crippen molar-refractivity contribution in [3.05, 3.63) is 48.0 Å². The molecule has 3 rings (SSSR count). The molecule has 0 saturated carbocycles. The predicted octanol–water partition coefficient (Wildman–Crippen LogP) is 2.40. The number of rotatable bonds is 3. The van der Waals surface area contributed by atoms with E-state index in [0.717, 1.165) is 16.7 Å². The second kappa shape index (κ2) is 4.97. The molecule has 6 heteroatoms. The summed E-state index contributed by atoms with van der Waals surface area (Å²) < 4.78 is 0. The van der Waals surface area contributed by atoms with Crippen LogP contribution in [0.4, 0.5) is 5.82 Å². The zero-order chi connectivity index (χ0) is 13.9. The van der Waals surface area contributed by atoms with E-state index >= 15 is 0 Å². The van der Waals surface area contributed by atoms with E-state index in [1.165, 1.54) is 6.33 Å². The summed E-state index contributed by atoms with van der Waals surface area (Å²) in [5, 5.41) is 19.9. The van der Waals surface area contributed by atoms with Crippen molar-refractivity contribution < 1.29 is 0 Å². The highest BCUT2D eigenvalue weighted by Gasteiger charge is 2.11. The van der Waals surface area contributed by atoms with Gasteiger partial charge < -0.3 is 5.32 Å². The smallest absolute Gasteiger partial charge is 0.146 e. The van der Waals surface area contributed by atoms with E-state index in [1.807, 2.05) is 31.2 Å². The van der Waals surface area contributed by atoms with Crippen LogP contribution in [0.2, 0.25) is 0 Å². The number of nitriles is 1. The fourth-order valence-corrected chi connectivity index (χ4v) is 2.06. The molecule has 0 fully saturated rings. The van der Waals surface area contributed by atoms with Crippen LogP contribution in [0, 0.1) is 11.3 Å². The third kappa shape index (κ3) is 2.17. The molecule has 0 amide bonds. The molecule has 2 heterocycles. The highest BCUT2D eigenvalue weighted by Crippen LogP contribution is 2.22. The topological polar surface area (TPSA) is 90.3 Å². The van der Waals surface area contributed by atoms with Crippen LogP contribution in [0.1, 0.15) is 24.4 Å². The average Bonchev–Trinajstić information content (AvgIpc) is 3.00. The van der Waals surface area contributed by atoms with E-state index < -0.39 is 0 Å². The van der Waals surface area contributed by atoms with Crippen molar-refractivity contribution >= 4 is 16.7 Å². The second-order valence-electron chi connectivity index (χ2n) is 4.42. The van der Waals surface area contributed by atoms with Gasteiger partial charge in [0.15, 0.2) is 0 Å². The third-order valence-electron chi connectivity index (χ3n) is 3.04. The van der Waals surface area contributed by atoms with Gasteiger partial charge in [-0.1, -0.05) is 18.2 Å². The first-order valence-electron chi connectivity index (χ1n) is 6.19. The number of nitrogens with zero attached hydrogens (tertiary/aromatic N) is 4. The van der Waals surface area contributed by atoms with Gasteiger partial charge in [0, 0.05) is 5.39 Å². The van der Waals surface area contributed by atoms with Crippen LogP contribution in [0.15, 0.2) is 36.7 Å². The molecule has 2 aromatic heterocycles. The average molecular weight is 264 g/mol. The number of hydrogen-bond acceptors (Lipinski definition) is 5. The van der Waals surface area contributed by atoms with Crippen molar-refractivity contribution in [2.45, 2.75) is 13.0 Å². The Morgan fingerprint density at radius 1 is 1.35 bits per heavy atom. The van der Waals surface area contributed by atoms with Crippen LogP contribution in [0.5, 0.6) is 0 Å². The Morgan fingerprint density at radius 2 is 2.20 bits per heavy atom. The lowest BCUT2D eigenvalue weighted by molar-refractivity contribution is 0.791. The molecule has 0 aliphatic heterocycles. The van der Waals surface area contributed by atoms with E-state index in [4.69, 9.17) is 0 Å². The number of para-hydroxylation sites is 1. The van der Waals surface area contributed by atoms with Gasteiger partial charge in [-0.15, -0.1) is 0 Å². The fraction of sp³-hybridized carbons (Fsp3) is 0.143. The molecule has 0 aliphatic carbocycles. The van der Waals surface area contributed by atoms with E-state index in [-0.39, 0.29) is 6.04 Å². The van der Waals surface area contributed by atoms with E-state index in [0.29, 0.717) is 11.4 Å². The number of fused-ring (bicyclic) bond motifs is 1. The van der Waals surface area contributed by atoms with Gasteiger partial charge in [0.1, 0.15) is 18.0 Å². The van der Waals surface area contributed by atoms with Crippen LogP contribution < -0.4 is 5.32 Å². The van der Waals surface area contributed by atoms with Crippen molar-refractivity contribution in [1.82, 2.24) is 20.2 Å². The van der Waals surface area contributed by atoms with Gasteiger partial charge in [0.2, 0.25) is 0 Å². The standard InChI is InChI=1S/C14H12N6/c1-9(14-16-8-17-20-14)18-13-6-10(7-15)11-4-2-3-5-12(11)19-13/h2-6,8-9H,1H3,(H,18,19)(H,16,17,20). The van der Waals surface area contributed by atoms with Gasteiger partial charge in [-0.05, 0) is 19.1 Å². The Morgan fingerprint density at radius 3 is 2.95 bits per heavy atom. The van der Waals surface area contributed by atoms with Crippen molar-refractivity contribution in [3.8, 4) is 6.07 Å². The predicted molar refractivity (Wildman–Crippen MR) is 74.9 cm³/mol. The van der Waals surface area contributed by atoms with E-state index in [9.17, 15) is 5.26 Å². The number of pyridine rings is 1. The molecule has 6 nitrogen and oxygen atoms in total. The van der Waals surface area contributed by atoms with Crippen molar-refractivity contribution in [2.75, 3.05) is 5.32 Å². The summed E-state index contributed by atoms with van der Waals surface area (Å²) in [7, 11) is 0. The number of hydrogen-bond donors (Lipinski definition) is 2. The lowest BCUT2D eigenvalue weighted by Gasteiger charge is -2.12. The zero-order valence-electron chi connectivity index (χ0n) is 10.8. The number of anilines is 1. The summed E-state index contributed by atoms with van der Waals surface area (Å²) in [5.74, 6) is 1.36. The highest BCUT2D eigenvalue weighted by atomic mass is 15.2. The number of aromatic amines is 1. The van der Waals surface area contributed by atoms with Crippen LogP contribution >= 0.6 is 0 Å². The van der Waals surface area contributed by atoms with Crippen LogP contribution in [0.25, 0.3) is 10.9 Å². The minimum Gasteiger partial charge on any atom is -0.360 e. The van der Waals surface area contributed by atoms with E-state index in [1.54, 1.807) is 6.07 Å². The summed E-state index contributed by atoms with van der Waals surface area (Å²) >= 11 is 0. The Balaban J connectivity index is 1.98. The van der Waals surface area contributed by atoms with Crippen LogP contribution in [-0.4, -0.2) is 20.2 Å². The lowest BCUT2D eigenvalue weighted by Crippen LogP contribution is -2.10. The maximum Gasteiger partial charge on any atom is 0.146 e. The third-order valence-corrected chi connectivity index (χ3v) is 3.04. The molecule has 20 heavy (non-hydrogen) atoms. The van der Waals surface area contributed by atoms with Gasteiger partial charge in [-0.25, -0.2) is 9.97 Å². The number of H-pyrrole nitrogens is 1. The molecule has 98 valence electrons. The Hall–Kier alpha value is -2.94. The molecule has 0 aliphatic rings. The molecular formula is C14H12N6. The first kappa shape index (κ1) is 12.1. The number of benzene rings is 1. The van der Waals surface area contributed by atoms with Gasteiger partial charge in [-0.2, -0.15) is 10.4 Å². The Labute approximate surface area is 115 Å². The maximum atomic E-state index is 9.24. The molecule has 0 bridgehead atoms. The zero-order valence-corrected chi connectivity index (χ0v) is 10.8. The SMILES string of the molecule is CC(Nc1cc(C#N)c2ccccc2n1)c1ncn[nH]1. The van der Waals surface area contributed by atoms with Crippen molar-refractivity contribution in [1.29, 1.82) is 5.26 Å². The molecule has 1 atom stereocenters. The van der Waals surface area contributed by atoms with Gasteiger partial charge in [0.05, 0.1) is 23.2 Å². The Kier molecular flexibility index (Phi) is 3.01. The van der Waals surface area contributed by atoms with Gasteiger partial charge in [0.25, 0.3) is 0 Å². The van der Waals surface area contributed by atoms with Crippen molar-refractivity contribution in [3.63, 3.8) is 0 Å². The normalized spacial score (nSPS) is 12.0. The lowest BCUT2D eigenvalue weighted by atomic mass is 10.1. The highest BCUT2D eigenvalue weighted by molar-refractivity contribution is 5.86. The largest absolute Gasteiger partial charge is 0.360 e. The molecule has 0 saturated heterocycles. The fourth-order valence-electron chi connectivity index (χ4n) is 2.06. The monoisotopic (exact) mass is 264 g/mol.